The molecular formula is C27H26FN5O. The third-order valence-electron chi connectivity index (χ3n) is 6.78. The SMILES string of the molecule is Cn1cc(-c2ccc3[nH]c(=O)c(-c4cc5cc(CN6CCC(F)CC6)ccc5[nH]4)cc3c2)cn1. The van der Waals surface area contributed by atoms with E-state index in [0.717, 1.165) is 58.3 Å². The van der Waals surface area contributed by atoms with Crippen LogP contribution in [0.1, 0.15) is 18.4 Å². The number of aromatic nitrogens is 4. The Morgan fingerprint density at radius 3 is 2.53 bits per heavy atom. The highest BCUT2D eigenvalue weighted by Crippen LogP contribution is 2.28. The van der Waals surface area contributed by atoms with Crippen LogP contribution < -0.4 is 5.56 Å². The number of rotatable bonds is 4. The van der Waals surface area contributed by atoms with Gasteiger partial charge in [-0.25, -0.2) is 4.39 Å². The van der Waals surface area contributed by atoms with E-state index in [9.17, 15) is 9.18 Å². The van der Waals surface area contributed by atoms with Crippen molar-refractivity contribution in [3.8, 4) is 22.4 Å². The molecule has 5 aromatic rings. The monoisotopic (exact) mass is 455 g/mol. The zero-order valence-corrected chi connectivity index (χ0v) is 19.0. The Labute approximate surface area is 196 Å². The Morgan fingerprint density at radius 1 is 0.971 bits per heavy atom. The summed E-state index contributed by atoms with van der Waals surface area (Å²) in [5, 5.41) is 6.29. The average molecular weight is 456 g/mol. The van der Waals surface area contributed by atoms with Gasteiger partial charge < -0.3 is 9.97 Å². The van der Waals surface area contributed by atoms with Gasteiger partial charge in [-0.3, -0.25) is 14.4 Å². The van der Waals surface area contributed by atoms with Gasteiger partial charge in [-0.2, -0.15) is 5.10 Å². The number of H-pyrrole nitrogens is 2. The molecule has 6 rings (SSSR count). The van der Waals surface area contributed by atoms with Gasteiger partial charge in [0.25, 0.3) is 5.56 Å². The summed E-state index contributed by atoms with van der Waals surface area (Å²) in [5.74, 6) is 0. The number of hydrogen-bond donors (Lipinski definition) is 2. The molecule has 3 aromatic heterocycles. The maximum absolute atomic E-state index is 13.4. The minimum atomic E-state index is -0.661. The molecule has 1 fully saturated rings. The molecular weight excluding hydrogens is 429 g/mol. The van der Waals surface area contributed by atoms with Crippen LogP contribution in [0.25, 0.3) is 44.2 Å². The van der Waals surface area contributed by atoms with E-state index in [1.165, 1.54) is 5.56 Å². The Balaban J connectivity index is 1.33. The molecule has 1 aliphatic rings. The number of aryl methyl sites for hydroxylation is 1. The molecule has 7 heteroatoms. The quantitative estimate of drug-likeness (QED) is 0.400. The van der Waals surface area contributed by atoms with Gasteiger partial charge in [0.1, 0.15) is 6.17 Å². The first-order valence-corrected chi connectivity index (χ1v) is 11.7. The zero-order valence-electron chi connectivity index (χ0n) is 19.0. The van der Waals surface area contributed by atoms with Crippen LogP contribution in [0.4, 0.5) is 4.39 Å². The van der Waals surface area contributed by atoms with Gasteiger partial charge in [-0.1, -0.05) is 12.1 Å². The van der Waals surface area contributed by atoms with Gasteiger partial charge >= 0.3 is 0 Å². The van der Waals surface area contributed by atoms with Crippen LogP contribution in [0.15, 0.2) is 65.7 Å². The highest BCUT2D eigenvalue weighted by atomic mass is 19.1. The Kier molecular flexibility index (Phi) is 5.07. The standard InChI is InChI=1S/C27H26FN5O/c1-32-16-21(14-29-32)18-3-5-25-20(11-18)12-23(27(34)31-25)26-13-19-10-17(2-4-24(19)30-26)15-33-8-6-22(28)7-9-33/h2-5,10-14,16,22,30H,6-9,15H2,1H3,(H,31,34). The molecule has 0 aliphatic carbocycles. The predicted octanol–water partition coefficient (Wildman–Crippen LogP) is 5.01. The fraction of sp³-hybridized carbons (Fsp3) is 0.259. The predicted molar refractivity (Wildman–Crippen MR) is 133 cm³/mol. The Morgan fingerprint density at radius 2 is 1.74 bits per heavy atom. The minimum Gasteiger partial charge on any atom is -0.354 e. The van der Waals surface area contributed by atoms with E-state index in [1.54, 1.807) is 4.68 Å². The number of nitrogens with one attached hydrogen (secondary N) is 2. The number of pyridine rings is 1. The van der Waals surface area contributed by atoms with Crippen LogP contribution in [0.2, 0.25) is 0 Å². The van der Waals surface area contributed by atoms with Gasteiger partial charge in [0.05, 0.1) is 17.5 Å². The summed E-state index contributed by atoms with van der Waals surface area (Å²) in [6.07, 6.45) is 4.38. The van der Waals surface area contributed by atoms with Crippen molar-refractivity contribution < 1.29 is 4.39 Å². The number of piperidine rings is 1. The third kappa shape index (κ3) is 3.92. The van der Waals surface area contributed by atoms with Gasteiger partial charge in [0.2, 0.25) is 0 Å². The fourth-order valence-corrected chi connectivity index (χ4v) is 4.90. The van der Waals surface area contributed by atoms with Crippen LogP contribution in [0.3, 0.4) is 0 Å². The molecule has 0 radical (unpaired) electrons. The number of hydrogen-bond acceptors (Lipinski definition) is 3. The summed E-state index contributed by atoms with van der Waals surface area (Å²) in [5.41, 5.74) is 6.36. The van der Waals surface area contributed by atoms with Gasteiger partial charge in [-0.15, -0.1) is 0 Å². The van der Waals surface area contributed by atoms with E-state index in [4.69, 9.17) is 0 Å². The maximum Gasteiger partial charge on any atom is 0.257 e. The van der Waals surface area contributed by atoms with E-state index in [2.05, 4.69) is 44.2 Å². The fourth-order valence-electron chi connectivity index (χ4n) is 4.90. The maximum atomic E-state index is 13.4. The van der Waals surface area contributed by atoms with Crippen LogP contribution >= 0.6 is 0 Å². The second-order valence-electron chi connectivity index (χ2n) is 9.27. The first-order chi connectivity index (χ1) is 16.5. The molecule has 0 saturated carbocycles. The Bertz CT molecular complexity index is 1550. The van der Waals surface area contributed by atoms with Crippen molar-refractivity contribution in [1.82, 2.24) is 24.6 Å². The van der Waals surface area contributed by atoms with Gasteiger partial charge in [0.15, 0.2) is 0 Å². The van der Waals surface area contributed by atoms with Crippen molar-refractivity contribution in [1.29, 1.82) is 0 Å². The van der Waals surface area contributed by atoms with E-state index in [0.29, 0.717) is 18.4 Å². The molecule has 1 aliphatic heterocycles. The van der Waals surface area contributed by atoms with Crippen LogP contribution in [0, 0.1) is 0 Å². The summed E-state index contributed by atoms with van der Waals surface area (Å²) in [7, 11) is 1.90. The lowest BCUT2D eigenvalue weighted by molar-refractivity contribution is 0.145. The number of likely N-dealkylation sites (tertiary alicyclic amines) is 1. The summed E-state index contributed by atoms with van der Waals surface area (Å²) in [4.78, 5) is 21.6. The molecule has 0 atom stereocenters. The Hall–Kier alpha value is -3.71. The van der Waals surface area contributed by atoms with Crippen molar-refractivity contribution in [2.24, 2.45) is 7.05 Å². The first kappa shape index (κ1) is 20.9. The third-order valence-corrected chi connectivity index (χ3v) is 6.78. The number of aromatic amines is 2. The van der Waals surface area contributed by atoms with E-state index in [-0.39, 0.29) is 5.56 Å². The van der Waals surface area contributed by atoms with Crippen LogP contribution in [-0.2, 0) is 13.6 Å². The molecule has 6 nitrogen and oxygen atoms in total. The number of alkyl halides is 1. The summed E-state index contributed by atoms with van der Waals surface area (Å²) in [6, 6.07) is 16.3. The number of halogens is 1. The molecule has 0 spiro atoms. The second-order valence-corrected chi connectivity index (χ2v) is 9.27. The highest BCUT2D eigenvalue weighted by molar-refractivity contribution is 5.90. The van der Waals surface area contributed by atoms with Crippen LogP contribution in [-0.4, -0.2) is 43.9 Å². The number of fused-ring (bicyclic) bond motifs is 2. The normalized spacial score (nSPS) is 15.5. The zero-order chi connectivity index (χ0) is 23.2. The molecule has 4 heterocycles. The van der Waals surface area contributed by atoms with Crippen molar-refractivity contribution in [2.75, 3.05) is 13.1 Å². The average Bonchev–Trinajstić information content (AvgIpc) is 3.46. The van der Waals surface area contributed by atoms with E-state index < -0.39 is 6.17 Å². The summed E-state index contributed by atoms with van der Waals surface area (Å²) >= 11 is 0. The molecule has 172 valence electrons. The van der Waals surface area contributed by atoms with Crippen LogP contribution in [0.5, 0.6) is 0 Å². The van der Waals surface area contributed by atoms with Gasteiger partial charge in [-0.05, 0) is 65.8 Å². The molecule has 2 N–H and O–H groups in total. The van der Waals surface area contributed by atoms with Crippen molar-refractivity contribution in [2.45, 2.75) is 25.6 Å². The molecule has 0 bridgehead atoms. The van der Waals surface area contributed by atoms with E-state index >= 15 is 0 Å². The van der Waals surface area contributed by atoms with Crippen molar-refractivity contribution in [3.05, 3.63) is 76.8 Å². The largest absolute Gasteiger partial charge is 0.354 e. The lowest BCUT2D eigenvalue weighted by atomic mass is 10.0. The molecule has 0 unspecified atom stereocenters. The van der Waals surface area contributed by atoms with Crippen molar-refractivity contribution >= 4 is 21.8 Å². The summed E-state index contributed by atoms with van der Waals surface area (Å²) in [6.45, 7) is 2.41. The minimum absolute atomic E-state index is 0.123. The number of nitrogens with zero attached hydrogens (tertiary/aromatic N) is 3. The molecule has 34 heavy (non-hydrogen) atoms. The molecule has 2 aromatic carbocycles. The lowest BCUT2D eigenvalue weighted by Crippen LogP contribution is -2.33. The summed E-state index contributed by atoms with van der Waals surface area (Å²) < 4.78 is 15.2. The lowest BCUT2D eigenvalue weighted by Gasteiger charge is -2.28. The number of benzene rings is 2. The topological polar surface area (TPSA) is 69.7 Å². The van der Waals surface area contributed by atoms with Gasteiger partial charge in [0, 0.05) is 54.9 Å². The second kappa shape index (κ2) is 8.25. The highest BCUT2D eigenvalue weighted by Gasteiger charge is 2.18. The molecule has 0 amide bonds. The van der Waals surface area contributed by atoms with E-state index in [1.807, 2.05) is 43.7 Å². The molecule has 1 saturated heterocycles. The van der Waals surface area contributed by atoms with Crippen molar-refractivity contribution in [3.63, 3.8) is 0 Å². The first-order valence-electron chi connectivity index (χ1n) is 11.7. The smallest absolute Gasteiger partial charge is 0.257 e.